The van der Waals surface area contributed by atoms with Crippen LogP contribution in [0.1, 0.15) is 19.5 Å². The first-order valence-electron chi connectivity index (χ1n) is 8.68. The number of hydrogen-bond donors (Lipinski definition) is 1. The minimum Gasteiger partial charge on any atom is -0.492 e. The Morgan fingerprint density at radius 2 is 1.88 bits per heavy atom. The van der Waals surface area contributed by atoms with Crippen molar-refractivity contribution in [3.63, 3.8) is 0 Å². The summed E-state index contributed by atoms with van der Waals surface area (Å²) in [6, 6.07) is 9.99. The summed E-state index contributed by atoms with van der Waals surface area (Å²) in [5, 5.41) is 3.43. The molecule has 1 N–H and O–H groups in total. The third-order valence-electron chi connectivity index (χ3n) is 4.00. The molecule has 0 radical (unpaired) electrons. The molecule has 0 fully saturated rings. The molecule has 0 aliphatic heterocycles. The lowest BCUT2D eigenvalue weighted by molar-refractivity contribution is 0.286. The van der Waals surface area contributed by atoms with Gasteiger partial charge in [0.1, 0.15) is 18.7 Å². The van der Waals surface area contributed by atoms with E-state index in [9.17, 15) is 0 Å². The highest BCUT2D eigenvalue weighted by Gasteiger charge is 2.07. The molecule has 24 heavy (non-hydrogen) atoms. The van der Waals surface area contributed by atoms with E-state index in [0.717, 1.165) is 55.4 Å². The van der Waals surface area contributed by atoms with Crippen LogP contribution in [0.3, 0.4) is 0 Å². The molecule has 0 unspecified atom stereocenters. The van der Waals surface area contributed by atoms with E-state index in [2.05, 4.69) is 34.0 Å². The van der Waals surface area contributed by atoms with Crippen LogP contribution in [0.5, 0.6) is 5.75 Å². The van der Waals surface area contributed by atoms with Gasteiger partial charge in [0, 0.05) is 30.9 Å². The zero-order valence-electron chi connectivity index (χ0n) is 15.0. The van der Waals surface area contributed by atoms with E-state index in [-0.39, 0.29) is 0 Å². The van der Waals surface area contributed by atoms with Crippen molar-refractivity contribution in [1.29, 1.82) is 0 Å². The molecule has 0 bridgehead atoms. The SMILES string of the molecule is CCN(CC)CCNCCOc1ccccc1-c1cc(C)ncn1. The fraction of sp³-hybridized carbons (Fsp3) is 0.474. The number of aromatic nitrogens is 2. The molecule has 0 aliphatic rings. The van der Waals surface area contributed by atoms with Crippen LogP contribution in [-0.2, 0) is 0 Å². The number of para-hydroxylation sites is 1. The quantitative estimate of drug-likeness (QED) is 0.680. The lowest BCUT2D eigenvalue weighted by atomic mass is 10.1. The maximum atomic E-state index is 5.95. The Hall–Kier alpha value is -1.98. The lowest BCUT2D eigenvalue weighted by Crippen LogP contribution is -2.33. The van der Waals surface area contributed by atoms with Gasteiger partial charge in [-0.1, -0.05) is 26.0 Å². The fourth-order valence-corrected chi connectivity index (χ4v) is 2.54. The predicted octanol–water partition coefficient (Wildman–Crippen LogP) is 2.76. The highest BCUT2D eigenvalue weighted by atomic mass is 16.5. The van der Waals surface area contributed by atoms with E-state index in [1.54, 1.807) is 6.33 Å². The average Bonchev–Trinajstić information content (AvgIpc) is 2.61. The molecule has 1 heterocycles. The summed E-state index contributed by atoms with van der Waals surface area (Å²) in [5.41, 5.74) is 2.85. The first-order valence-corrected chi connectivity index (χ1v) is 8.68. The first kappa shape index (κ1) is 18.4. The molecular weight excluding hydrogens is 300 g/mol. The molecule has 1 aromatic heterocycles. The van der Waals surface area contributed by atoms with Crippen molar-refractivity contribution in [3.05, 3.63) is 42.4 Å². The summed E-state index contributed by atoms with van der Waals surface area (Å²) in [7, 11) is 0. The minimum absolute atomic E-state index is 0.638. The van der Waals surface area contributed by atoms with Gasteiger partial charge in [-0.3, -0.25) is 0 Å². The molecule has 0 atom stereocenters. The van der Waals surface area contributed by atoms with Crippen molar-refractivity contribution < 1.29 is 4.74 Å². The van der Waals surface area contributed by atoms with E-state index in [1.807, 2.05) is 37.3 Å². The molecule has 0 saturated carbocycles. The summed E-state index contributed by atoms with van der Waals surface area (Å²) in [6.07, 6.45) is 1.59. The highest BCUT2D eigenvalue weighted by Crippen LogP contribution is 2.28. The van der Waals surface area contributed by atoms with Crippen molar-refractivity contribution in [2.24, 2.45) is 0 Å². The van der Waals surface area contributed by atoms with Gasteiger partial charge in [0.15, 0.2) is 0 Å². The minimum atomic E-state index is 0.638. The smallest absolute Gasteiger partial charge is 0.128 e. The van der Waals surface area contributed by atoms with Crippen LogP contribution < -0.4 is 10.1 Å². The summed E-state index contributed by atoms with van der Waals surface area (Å²) in [5.74, 6) is 0.862. The maximum Gasteiger partial charge on any atom is 0.128 e. The molecule has 1 aromatic carbocycles. The second-order valence-electron chi connectivity index (χ2n) is 5.67. The van der Waals surface area contributed by atoms with Crippen LogP contribution in [-0.4, -0.2) is 54.2 Å². The summed E-state index contributed by atoms with van der Waals surface area (Å²) in [6.45, 7) is 12.1. The Bertz CT molecular complexity index is 614. The molecule has 0 saturated heterocycles. The molecular formula is C19H28N4O. The van der Waals surface area contributed by atoms with Crippen LogP contribution in [0.4, 0.5) is 0 Å². The number of nitrogens with zero attached hydrogens (tertiary/aromatic N) is 3. The van der Waals surface area contributed by atoms with Gasteiger partial charge >= 0.3 is 0 Å². The van der Waals surface area contributed by atoms with Crippen LogP contribution in [0.2, 0.25) is 0 Å². The van der Waals surface area contributed by atoms with Crippen molar-refractivity contribution >= 4 is 0 Å². The van der Waals surface area contributed by atoms with E-state index >= 15 is 0 Å². The molecule has 5 heteroatoms. The van der Waals surface area contributed by atoms with Gasteiger partial charge in [0.2, 0.25) is 0 Å². The van der Waals surface area contributed by atoms with Crippen molar-refractivity contribution in [2.75, 3.05) is 39.3 Å². The Kier molecular flexibility index (Phi) is 7.65. The highest BCUT2D eigenvalue weighted by molar-refractivity contribution is 5.66. The molecule has 0 aliphatic carbocycles. The Balaban J connectivity index is 1.83. The lowest BCUT2D eigenvalue weighted by Gasteiger charge is -2.18. The van der Waals surface area contributed by atoms with E-state index < -0.39 is 0 Å². The molecule has 5 nitrogen and oxygen atoms in total. The molecule has 2 rings (SSSR count). The predicted molar refractivity (Wildman–Crippen MR) is 98.4 cm³/mol. The van der Waals surface area contributed by atoms with Crippen molar-refractivity contribution in [3.8, 4) is 17.0 Å². The third kappa shape index (κ3) is 5.58. The van der Waals surface area contributed by atoms with Gasteiger partial charge in [0.25, 0.3) is 0 Å². The summed E-state index contributed by atoms with van der Waals surface area (Å²) < 4.78 is 5.95. The number of likely N-dealkylation sites (N-methyl/N-ethyl adjacent to an activating group) is 1. The molecule has 2 aromatic rings. The van der Waals surface area contributed by atoms with Crippen molar-refractivity contribution in [1.82, 2.24) is 20.2 Å². The molecule has 0 amide bonds. The van der Waals surface area contributed by atoms with Crippen molar-refractivity contribution in [2.45, 2.75) is 20.8 Å². The van der Waals surface area contributed by atoms with Crippen LogP contribution >= 0.6 is 0 Å². The van der Waals surface area contributed by atoms with Gasteiger partial charge in [-0.25, -0.2) is 9.97 Å². The number of hydrogen-bond acceptors (Lipinski definition) is 5. The number of rotatable bonds is 10. The van der Waals surface area contributed by atoms with Gasteiger partial charge in [0.05, 0.1) is 5.69 Å². The summed E-state index contributed by atoms with van der Waals surface area (Å²) >= 11 is 0. The van der Waals surface area contributed by atoms with Crippen LogP contribution in [0.15, 0.2) is 36.7 Å². The van der Waals surface area contributed by atoms with Crippen LogP contribution in [0, 0.1) is 6.92 Å². The largest absolute Gasteiger partial charge is 0.492 e. The zero-order chi connectivity index (χ0) is 17.2. The maximum absolute atomic E-state index is 5.95. The third-order valence-corrected chi connectivity index (χ3v) is 4.00. The number of benzene rings is 1. The zero-order valence-corrected chi connectivity index (χ0v) is 15.0. The topological polar surface area (TPSA) is 50.3 Å². The van der Waals surface area contributed by atoms with E-state index in [0.29, 0.717) is 6.61 Å². The molecule has 0 spiro atoms. The van der Waals surface area contributed by atoms with E-state index in [4.69, 9.17) is 4.74 Å². The van der Waals surface area contributed by atoms with Crippen LogP contribution in [0.25, 0.3) is 11.3 Å². The Labute approximate surface area is 145 Å². The monoisotopic (exact) mass is 328 g/mol. The molecule has 130 valence electrons. The number of ether oxygens (including phenoxy) is 1. The number of nitrogens with one attached hydrogen (secondary N) is 1. The van der Waals surface area contributed by atoms with Gasteiger partial charge in [-0.05, 0) is 38.2 Å². The summed E-state index contributed by atoms with van der Waals surface area (Å²) in [4.78, 5) is 10.9. The average molecular weight is 328 g/mol. The Morgan fingerprint density at radius 3 is 2.62 bits per heavy atom. The normalized spacial score (nSPS) is 11.0. The van der Waals surface area contributed by atoms with Gasteiger partial charge < -0.3 is 15.0 Å². The second kappa shape index (κ2) is 10.0. The Morgan fingerprint density at radius 1 is 1.08 bits per heavy atom. The standard InChI is InChI=1S/C19H28N4O/c1-4-23(5-2)12-10-20-11-13-24-19-9-7-6-8-17(19)18-14-16(3)21-15-22-18/h6-9,14-15,20H,4-5,10-13H2,1-3H3. The van der Waals surface area contributed by atoms with Gasteiger partial charge in [-0.15, -0.1) is 0 Å². The second-order valence-corrected chi connectivity index (χ2v) is 5.67. The first-order chi connectivity index (χ1) is 11.7. The van der Waals surface area contributed by atoms with Gasteiger partial charge in [-0.2, -0.15) is 0 Å². The number of aryl methyl sites for hydroxylation is 1. The van der Waals surface area contributed by atoms with E-state index in [1.165, 1.54) is 0 Å². The fourth-order valence-electron chi connectivity index (χ4n) is 2.54.